The summed E-state index contributed by atoms with van der Waals surface area (Å²) in [6.45, 7) is 8.72. The largest absolute Gasteiger partial charge is 0.480 e. The summed E-state index contributed by atoms with van der Waals surface area (Å²) in [5, 5.41) is 29.9. The lowest BCUT2D eigenvalue weighted by Gasteiger charge is -2.31. The molecule has 7 N–H and O–H groups in total. The van der Waals surface area contributed by atoms with Crippen LogP contribution in [0.4, 0.5) is 5.69 Å². The summed E-state index contributed by atoms with van der Waals surface area (Å²) in [7, 11) is -5.74. The standard InChI is InChI=1S/C33H30N4O2.C23H32N2O5.C7H8ClN3O4S2/c1-4-9-30-35-31-21(2)18-24(32-34-27-12-7-8-13-28(27)36(32)3)19-29(31)37(30)20-22-14-16-23(17-15-22)25-10-5-6-11-26(25)33(38)39;1-3-30-23(29)18(13-12-16-8-5-4-6-9-16)24-15(2)21(26)25-19-11-7-10-17(19)14-20(25)22(27)28;8-4-1-5-7(2-6(4)16(9,12)13)17(14,15)11-3-10-5/h5-8,10-19H,4,9,20H2,1-3H3,(H,38,39);4-6,8-9,15,17-20,24H,3,7,10-14H2,1-2H3,(H,27,28);1-2,10-11H,3H2,(H2,9,12,13)/t;15-,17-,18-,19-,20-;/m.0./s1. The van der Waals surface area contributed by atoms with Crippen LogP contribution in [-0.2, 0) is 65.6 Å². The van der Waals surface area contributed by atoms with Gasteiger partial charge in [-0.2, -0.15) is 4.72 Å². The molecule has 2 aliphatic heterocycles. The van der Waals surface area contributed by atoms with Crippen LogP contribution in [-0.4, -0.2) is 112 Å². The molecule has 0 unspecified atom stereocenters. The third-order valence-electron chi connectivity index (χ3n) is 15.9. The number of hydrogen-bond acceptors (Lipinski definition) is 13. The Morgan fingerprint density at radius 2 is 1.57 bits per heavy atom. The minimum atomic E-state index is -4.07. The van der Waals surface area contributed by atoms with Gasteiger partial charge in [-0.25, -0.2) is 41.5 Å². The van der Waals surface area contributed by atoms with Gasteiger partial charge in [0.1, 0.15) is 33.5 Å². The molecule has 11 rings (SSSR count). The maximum absolute atomic E-state index is 13.2. The highest BCUT2D eigenvalue weighted by atomic mass is 35.5. The van der Waals surface area contributed by atoms with E-state index in [4.69, 9.17) is 31.4 Å². The predicted molar refractivity (Wildman–Crippen MR) is 330 cm³/mol. The SMILES string of the molecule is CCCc1nc2c(C)cc(-c3nc4ccccc4n3C)cc2n1Cc1ccc(-c2ccccc2C(=O)O)cc1.CCOC(=O)[C@H](CCc1ccccc1)N[C@@H](C)C(=O)N1[C@H](C(=O)O)C[C@@H]2CCC[C@@H]21.NS(=O)(=O)c1cc2c(cc1Cl)NCNS2(=O)=O. The number of carbonyl (C=O) groups excluding carboxylic acids is 2. The lowest BCUT2D eigenvalue weighted by molar-refractivity contribution is -0.151. The number of imidazole rings is 2. The number of benzene rings is 6. The number of anilines is 1. The van der Waals surface area contributed by atoms with Crippen LogP contribution in [0, 0.1) is 12.8 Å². The molecule has 6 aromatic carbocycles. The van der Waals surface area contributed by atoms with Crippen LogP contribution in [0.2, 0.25) is 5.02 Å². The van der Waals surface area contributed by atoms with Crippen molar-refractivity contribution in [2.75, 3.05) is 18.6 Å². The van der Waals surface area contributed by atoms with Crippen molar-refractivity contribution in [1.29, 1.82) is 0 Å². The summed E-state index contributed by atoms with van der Waals surface area (Å²) in [6.07, 6.45) is 6.43. The van der Waals surface area contributed by atoms with Crippen LogP contribution < -0.4 is 20.5 Å². The fraction of sp³-hybridized carbons (Fsp3) is 0.333. The van der Waals surface area contributed by atoms with Gasteiger partial charge in [0.15, 0.2) is 0 Å². The molecule has 3 aliphatic rings. The van der Waals surface area contributed by atoms with Crippen molar-refractivity contribution < 1.29 is 51.0 Å². The van der Waals surface area contributed by atoms with E-state index in [1.165, 1.54) is 6.07 Å². The summed E-state index contributed by atoms with van der Waals surface area (Å²) in [4.78, 5) is 60.1. The number of fused-ring (bicyclic) bond motifs is 4. The maximum atomic E-state index is 13.2. The Morgan fingerprint density at radius 1 is 0.860 bits per heavy atom. The van der Waals surface area contributed by atoms with E-state index in [2.05, 4.69) is 75.7 Å². The van der Waals surface area contributed by atoms with Gasteiger partial charge in [0.2, 0.25) is 26.0 Å². The van der Waals surface area contributed by atoms with Gasteiger partial charge in [-0.15, -0.1) is 0 Å². The van der Waals surface area contributed by atoms with E-state index >= 15 is 0 Å². The number of carbonyl (C=O) groups is 4. The molecule has 1 aliphatic carbocycles. The first-order valence-corrected chi connectivity index (χ1v) is 31.9. The van der Waals surface area contributed by atoms with E-state index in [1.54, 1.807) is 30.9 Å². The molecular weight excluding hydrogens is 1160 g/mol. The first-order valence-electron chi connectivity index (χ1n) is 28.5. The topological polar surface area (TPSA) is 287 Å². The number of aromatic carboxylic acids is 1. The number of halogens is 1. The number of ether oxygens (including phenoxy) is 1. The number of carboxylic acids is 2. The number of sulfonamides is 2. The number of aromatic nitrogens is 4. The Hall–Kier alpha value is -7.99. The first-order chi connectivity index (χ1) is 41.1. The molecule has 452 valence electrons. The van der Waals surface area contributed by atoms with Crippen molar-refractivity contribution in [3.05, 3.63) is 160 Å². The number of amides is 1. The van der Waals surface area contributed by atoms with Crippen molar-refractivity contribution in [3.8, 4) is 22.5 Å². The van der Waals surface area contributed by atoms with Gasteiger partial charge in [0.05, 0.1) is 57.7 Å². The minimum absolute atomic E-state index is 0.00629. The Morgan fingerprint density at radius 3 is 2.26 bits per heavy atom. The van der Waals surface area contributed by atoms with Crippen molar-refractivity contribution in [2.45, 2.75) is 120 Å². The minimum Gasteiger partial charge on any atom is -0.480 e. The Labute approximate surface area is 504 Å². The Balaban J connectivity index is 0.000000166. The fourth-order valence-corrected chi connectivity index (χ4v) is 14.1. The molecule has 1 saturated carbocycles. The monoisotopic (exact) mass is 1230 g/mol. The average molecular weight is 1230 g/mol. The molecule has 1 saturated heterocycles. The number of likely N-dealkylation sites (tertiary alicyclic amines) is 1. The van der Waals surface area contributed by atoms with Gasteiger partial charge < -0.3 is 34.3 Å². The highest BCUT2D eigenvalue weighted by Gasteiger charge is 2.49. The summed E-state index contributed by atoms with van der Waals surface area (Å²) >= 11 is 5.72. The summed E-state index contributed by atoms with van der Waals surface area (Å²) < 4.78 is 57.6. The Bertz CT molecular complexity index is 4060. The number of aryl methyl sites for hydroxylation is 4. The second-order valence-corrected chi connectivity index (χ2v) is 25.4. The molecule has 1 amide bonds. The number of hydrogen-bond donors (Lipinski definition) is 6. The van der Waals surface area contributed by atoms with E-state index in [0.717, 1.165) is 105 Å². The number of primary sulfonamides is 1. The number of aliphatic carboxylic acids is 1. The van der Waals surface area contributed by atoms with Gasteiger partial charge in [0, 0.05) is 31.6 Å². The number of para-hydroxylation sites is 2. The lowest BCUT2D eigenvalue weighted by Crippen LogP contribution is -2.55. The second kappa shape index (κ2) is 26.7. The number of nitrogens with two attached hydrogens (primary N) is 1. The smallest absolute Gasteiger partial charge is 0.336 e. The highest BCUT2D eigenvalue weighted by Crippen LogP contribution is 2.42. The first kappa shape index (κ1) is 62.5. The molecule has 5 atom stereocenters. The molecule has 0 radical (unpaired) electrons. The van der Waals surface area contributed by atoms with Gasteiger partial charge >= 0.3 is 17.9 Å². The molecule has 23 heteroatoms. The summed E-state index contributed by atoms with van der Waals surface area (Å²) in [5.41, 5.74) is 10.8. The predicted octanol–water partition coefficient (Wildman–Crippen LogP) is 9.30. The number of nitrogens with zero attached hydrogens (tertiary/aromatic N) is 5. The molecule has 2 aromatic heterocycles. The van der Waals surface area contributed by atoms with Gasteiger partial charge in [-0.1, -0.05) is 110 Å². The van der Waals surface area contributed by atoms with Crippen LogP contribution in [0.3, 0.4) is 0 Å². The molecule has 20 nitrogen and oxygen atoms in total. The van der Waals surface area contributed by atoms with E-state index in [-0.39, 0.29) is 52.7 Å². The normalized spacial score (nSPS) is 17.5. The number of esters is 1. The zero-order chi connectivity index (χ0) is 61.6. The number of carboxylic acid groups (broad SMARTS) is 2. The second-order valence-electron chi connectivity index (χ2n) is 21.7. The molecule has 8 aromatic rings. The quantitative estimate of drug-likeness (QED) is 0.0463. The van der Waals surface area contributed by atoms with Crippen LogP contribution in [0.5, 0.6) is 0 Å². The summed E-state index contributed by atoms with van der Waals surface area (Å²) in [6, 6.07) is 37.8. The zero-order valence-corrected chi connectivity index (χ0v) is 50.8. The van der Waals surface area contributed by atoms with Crippen LogP contribution in [0.15, 0.2) is 137 Å². The molecular formula is C63H70ClN9O11S2. The van der Waals surface area contributed by atoms with Crippen LogP contribution in [0.25, 0.3) is 44.6 Å². The van der Waals surface area contributed by atoms with Crippen molar-refractivity contribution in [2.24, 2.45) is 18.1 Å². The molecule has 4 heterocycles. The molecule has 2 fully saturated rings. The van der Waals surface area contributed by atoms with E-state index in [0.29, 0.717) is 31.4 Å². The van der Waals surface area contributed by atoms with Gasteiger partial charge in [0.25, 0.3) is 0 Å². The molecule has 86 heavy (non-hydrogen) atoms. The van der Waals surface area contributed by atoms with Crippen molar-refractivity contribution >= 4 is 83.2 Å². The average Bonchev–Trinajstić information content (AvgIpc) is 1.52. The third kappa shape index (κ3) is 13.8. The maximum Gasteiger partial charge on any atom is 0.336 e. The van der Waals surface area contributed by atoms with Crippen molar-refractivity contribution in [1.82, 2.24) is 34.0 Å². The van der Waals surface area contributed by atoms with E-state index < -0.39 is 55.0 Å². The van der Waals surface area contributed by atoms with E-state index in [1.807, 2.05) is 72.8 Å². The zero-order valence-electron chi connectivity index (χ0n) is 48.4. The highest BCUT2D eigenvalue weighted by molar-refractivity contribution is 7.90. The Kier molecular flexibility index (Phi) is 19.4. The molecule has 0 bridgehead atoms. The van der Waals surface area contributed by atoms with E-state index in [9.17, 15) is 46.2 Å². The van der Waals surface area contributed by atoms with Crippen LogP contribution in [0.1, 0.15) is 92.2 Å². The van der Waals surface area contributed by atoms with Gasteiger partial charge in [-0.3, -0.25) is 14.9 Å². The third-order valence-corrected chi connectivity index (χ3v) is 18.7. The lowest BCUT2D eigenvalue weighted by atomic mass is 9.98. The fourth-order valence-electron chi connectivity index (χ4n) is 11.8. The summed E-state index contributed by atoms with van der Waals surface area (Å²) in [5.74, 6) is -0.230. The van der Waals surface area contributed by atoms with Crippen molar-refractivity contribution in [3.63, 3.8) is 0 Å². The molecule has 0 spiro atoms. The van der Waals surface area contributed by atoms with Gasteiger partial charge in [-0.05, 0) is 135 Å². The number of nitrogens with one attached hydrogen (secondary N) is 3. The number of rotatable bonds is 17. The van der Waals surface area contributed by atoms with Crippen LogP contribution >= 0.6 is 11.6 Å².